The maximum absolute atomic E-state index is 12.2. The Morgan fingerprint density at radius 1 is 1.24 bits per heavy atom. The summed E-state index contributed by atoms with van der Waals surface area (Å²) in [4.78, 5) is 20.8. The van der Waals surface area contributed by atoms with Gasteiger partial charge in [-0.3, -0.25) is 4.79 Å². The number of carbonyl (C=O) groups excluding carboxylic acids is 1. The standard InChI is InChI=1S/C18H23ClN4O2/c1-4-5-6-9-20-18(24)15-11-17(22-12(2)21-15)23-13-7-8-16(25-3)14(19)10-13/h7-8,10-11H,4-6,9H2,1-3H3,(H,20,24)(H,21,22,23). The summed E-state index contributed by atoms with van der Waals surface area (Å²) in [6, 6.07) is 6.95. The Labute approximate surface area is 153 Å². The molecule has 1 aromatic heterocycles. The van der Waals surface area contributed by atoms with Crippen LogP contribution in [-0.2, 0) is 0 Å². The lowest BCUT2D eigenvalue weighted by molar-refractivity contribution is 0.0947. The molecule has 1 amide bonds. The molecule has 2 aromatic rings. The Kier molecular flexibility index (Phi) is 7.01. The molecule has 2 N–H and O–H groups in total. The van der Waals surface area contributed by atoms with Gasteiger partial charge in [-0.1, -0.05) is 31.4 Å². The van der Waals surface area contributed by atoms with Crippen LogP contribution in [0.4, 0.5) is 11.5 Å². The molecule has 0 unspecified atom stereocenters. The van der Waals surface area contributed by atoms with Gasteiger partial charge in [0.15, 0.2) is 0 Å². The smallest absolute Gasteiger partial charge is 0.270 e. The average Bonchev–Trinajstić information content (AvgIpc) is 2.58. The first kappa shape index (κ1) is 19.0. The Morgan fingerprint density at radius 3 is 2.72 bits per heavy atom. The predicted molar refractivity (Wildman–Crippen MR) is 99.9 cm³/mol. The predicted octanol–water partition coefficient (Wildman–Crippen LogP) is 4.11. The summed E-state index contributed by atoms with van der Waals surface area (Å²) >= 11 is 6.13. The second kappa shape index (κ2) is 9.22. The molecule has 0 aliphatic rings. The van der Waals surface area contributed by atoms with Crippen molar-refractivity contribution in [1.29, 1.82) is 0 Å². The maximum atomic E-state index is 12.2. The fraction of sp³-hybridized carbons (Fsp3) is 0.389. The van der Waals surface area contributed by atoms with Crippen LogP contribution >= 0.6 is 11.6 Å². The van der Waals surface area contributed by atoms with E-state index in [1.807, 2.05) is 6.07 Å². The summed E-state index contributed by atoms with van der Waals surface area (Å²) in [5.74, 6) is 1.45. The topological polar surface area (TPSA) is 76.1 Å². The van der Waals surface area contributed by atoms with Crippen LogP contribution in [0.15, 0.2) is 24.3 Å². The number of nitrogens with one attached hydrogen (secondary N) is 2. The molecule has 0 bridgehead atoms. The molecular formula is C18H23ClN4O2. The number of hydrogen-bond donors (Lipinski definition) is 2. The van der Waals surface area contributed by atoms with Crippen LogP contribution in [-0.4, -0.2) is 29.5 Å². The number of halogens is 1. The summed E-state index contributed by atoms with van der Waals surface area (Å²) in [6.45, 7) is 4.52. The molecule has 7 heteroatoms. The number of ether oxygens (including phenoxy) is 1. The number of amides is 1. The SMILES string of the molecule is CCCCCNC(=O)c1cc(Nc2ccc(OC)c(Cl)c2)nc(C)n1. The van der Waals surface area contributed by atoms with Crippen molar-refractivity contribution in [2.75, 3.05) is 19.0 Å². The monoisotopic (exact) mass is 362 g/mol. The largest absolute Gasteiger partial charge is 0.495 e. The quantitative estimate of drug-likeness (QED) is 0.691. The molecule has 2 rings (SSSR count). The Balaban J connectivity index is 2.10. The number of aryl methyl sites for hydroxylation is 1. The molecular weight excluding hydrogens is 340 g/mol. The van der Waals surface area contributed by atoms with Gasteiger partial charge in [-0.25, -0.2) is 9.97 Å². The van der Waals surface area contributed by atoms with Gasteiger partial charge < -0.3 is 15.4 Å². The van der Waals surface area contributed by atoms with E-state index in [1.54, 1.807) is 32.2 Å². The van der Waals surface area contributed by atoms with Gasteiger partial charge in [0.05, 0.1) is 12.1 Å². The highest BCUT2D eigenvalue weighted by molar-refractivity contribution is 6.32. The van der Waals surface area contributed by atoms with E-state index < -0.39 is 0 Å². The molecule has 0 spiro atoms. The maximum Gasteiger partial charge on any atom is 0.270 e. The van der Waals surface area contributed by atoms with Crippen molar-refractivity contribution >= 4 is 29.0 Å². The zero-order valence-electron chi connectivity index (χ0n) is 14.7. The minimum atomic E-state index is -0.197. The van der Waals surface area contributed by atoms with E-state index in [4.69, 9.17) is 16.3 Å². The highest BCUT2D eigenvalue weighted by atomic mass is 35.5. The van der Waals surface area contributed by atoms with Crippen molar-refractivity contribution in [2.24, 2.45) is 0 Å². The summed E-state index contributed by atoms with van der Waals surface area (Å²) < 4.78 is 5.14. The van der Waals surface area contributed by atoms with Crippen LogP contribution in [0.25, 0.3) is 0 Å². The normalized spacial score (nSPS) is 10.4. The summed E-state index contributed by atoms with van der Waals surface area (Å²) in [7, 11) is 1.56. The van der Waals surface area contributed by atoms with E-state index in [9.17, 15) is 4.79 Å². The average molecular weight is 363 g/mol. The van der Waals surface area contributed by atoms with Crippen LogP contribution < -0.4 is 15.4 Å². The van der Waals surface area contributed by atoms with Crippen molar-refractivity contribution in [3.63, 3.8) is 0 Å². The van der Waals surface area contributed by atoms with Crippen molar-refractivity contribution < 1.29 is 9.53 Å². The highest BCUT2D eigenvalue weighted by Crippen LogP contribution is 2.28. The lowest BCUT2D eigenvalue weighted by atomic mass is 10.2. The van der Waals surface area contributed by atoms with E-state index in [0.717, 1.165) is 24.9 Å². The second-order valence-corrected chi connectivity index (χ2v) is 6.03. The molecule has 0 saturated heterocycles. The number of methoxy groups -OCH3 is 1. The minimum absolute atomic E-state index is 0.197. The van der Waals surface area contributed by atoms with Crippen molar-refractivity contribution in [3.8, 4) is 5.75 Å². The van der Waals surface area contributed by atoms with Gasteiger partial charge in [0.1, 0.15) is 23.1 Å². The Bertz CT molecular complexity index is 737. The Morgan fingerprint density at radius 2 is 2.04 bits per heavy atom. The number of benzene rings is 1. The lowest BCUT2D eigenvalue weighted by Crippen LogP contribution is -2.25. The number of anilines is 2. The van der Waals surface area contributed by atoms with E-state index in [1.165, 1.54) is 0 Å². The van der Waals surface area contributed by atoms with E-state index in [-0.39, 0.29) is 5.91 Å². The third-order valence-electron chi connectivity index (χ3n) is 3.56. The van der Waals surface area contributed by atoms with E-state index in [0.29, 0.717) is 34.7 Å². The van der Waals surface area contributed by atoms with E-state index in [2.05, 4.69) is 27.5 Å². The minimum Gasteiger partial charge on any atom is -0.495 e. The fourth-order valence-electron chi connectivity index (χ4n) is 2.31. The van der Waals surface area contributed by atoms with E-state index >= 15 is 0 Å². The first-order valence-electron chi connectivity index (χ1n) is 8.28. The van der Waals surface area contributed by atoms with Gasteiger partial charge in [-0.15, -0.1) is 0 Å². The van der Waals surface area contributed by atoms with Crippen molar-refractivity contribution in [3.05, 3.63) is 40.8 Å². The molecule has 0 saturated carbocycles. The second-order valence-electron chi connectivity index (χ2n) is 5.62. The number of hydrogen-bond acceptors (Lipinski definition) is 5. The summed E-state index contributed by atoms with van der Waals surface area (Å²) in [5.41, 5.74) is 1.09. The third kappa shape index (κ3) is 5.60. The Hall–Kier alpha value is -2.34. The molecule has 0 atom stereocenters. The van der Waals surface area contributed by atoms with Crippen LogP contribution in [0.3, 0.4) is 0 Å². The van der Waals surface area contributed by atoms with Gasteiger partial charge in [0, 0.05) is 18.3 Å². The van der Waals surface area contributed by atoms with Crippen LogP contribution in [0, 0.1) is 6.92 Å². The first-order valence-corrected chi connectivity index (χ1v) is 8.65. The highest BCUT2D eigenvalue weighted by Gasteiger charge is 2.11. The van der Waals surface area contributed by atoms with Gasteiger partial charge in [-0.05, 0) is 31.5 Å². The number of aromatic nitrogens is 2. The van der Waals surface area contributed by atoms with Gasteiger partial charge in [0.2, 0.25) is 0 Å². The molecule has 0 aliphatic carbocycles. The molecule has 1 aromatic carbocycles. The summed E-state index contributed by atoms with van der Waals surface area (Å²) in [6.07, 6.45) is 3.16. The number of carbonyl (C=O) groups is 1. The molecule has 25 heavy (non-hydrogen) atoms. The van der Waals surface area contributed by atoms with Crippen LogP contribution in [0.1, 0.15) is 42.5 Å². The van der Waals surface area contributed by atoms with Crippen molar-refractivity contribution in [2.45, 2.75) is 33.1 Å². The number of rotatable bonds is 8. The van der Waals surface area contributed by atoms with Gasteiger partial charge >= 0.3 is 0 Å². The van der Waals surface area contributed by atoms with Crippen LogP contribution in [0.2, 0.25) is 5.02 Å². The van der Waals surface area contributed by atoms with Gasteiger partial charge in [-0.2, -0.15) is 0 Å². The molecule has 0 fully saturated rings. The van der Waals surface area contributed by atoms with Crippen LogP contribution in [0.5, 0.6) is 5.75 Å². The number of nitrogens with zero attached hydrogens (tertiary/aromatic N) is 2. The molecule has 6 nitrogen and oxygen atoms in total. The number of unbranched alkanes of at least 4 members (excludes halogenated alkanes) is 2. The first-order chi connectivity index (χ1) is 12.0. The zero-order chi connectivity index (χ0) is 18.2. The molecule has 0 aliphatic heterocycles. The lowest BCUT2D eigenvalue weighted by Gasteiger charge is -2.10. The molecule has 0 radical (unpaired) electrons. The zero-order valence-corrected chi connectivity index (χ0v) is 15.5. The molecule has 134 valence electrons. The fourth-order valence-corrected chi connectivity index (χ4v) is 2.57. The summed E-state index contributed by atoms with van der Waals surface area (Å²) in [5, 5.41) is 6.51. The van der Waals surface area contributed by atoms with Crippen molar-refractivity contribution in [1.82, 2.24) is 15.3 Å². The van der Waals surface area contributed by atoms with Gasteiger partial charge in [0.25, 0.3) is 5.91 Å². The third-order valence-corrected chi connectivity index (χ3v) is 3.86. The molecule has 1 heterocycles.